The van der Waals surface area contributed by atoms with Crippen molar-refractivity contribution in [1.29, 1.82) is 0 Å². The van der Waals surface area contributed by atoms with Gasteiger partial charge in [0, 0.05) is 12.3 Å². The highest BCUT2D eigenvalue weighted by Crippen LogP contribution is 2.31. The molecule has 1 N–H and O–H groups in total. The van der Waals surface area contributed by atoms with E-state index in [1.807, 2.05) is 30.3 Å². The summed E-state index contributed by atoms with van der Waals surface area (Å²) in [6.45, 7) is 0. The SMILES string of the molecule is O=C1CCCCCC1C(O)c1ccccc1. The summed E-state index contributed by atoms with van der Waals surface area (Å²) >= 11 is 0. The molecule has 0 aliphatic heterocycles. The molecule has 1 aromatic rings. The molecule has 86 valence electrons. The number of Topliss-reactive ketones (excluding diaryl/α,β-unsaturated/α-hetero) is 1. The third kappa shape index (κ3) is 2.50. The molecule has 0 aromatic heterocycles. The maximum absolute atomic E-state index is 11.9. The van der Waals surface area contributed by atoms with Gasteiger partial charge in [0.05, 0.1) is 6.10 Å². The minimum absolute atomic E-state index is 0.190. The lowest BCUT2D eigenvalue weighted by molar-refractivity contribution is -0.126. The lowest BCUT2D eigenvalue weighted by Gasteiger charge is -2.20. The van der Waals surface area contributed by atoms with Crippen molar-refractivity contribution < 1.29 is 9.90 Å². The summed E-state index contributed by atoms with van der Waals surface area (Å²) in [5.74, 6) is 0.0405. The molecule has 0 bridgehead atoms. The molecular weight excluding hydrogens is 200 g/mol. The van der Waals surface area contributed by atoms with Crippen molar-refractivity contribution in [2.75, 3.05) is 0 Å². The third-order valence-electron chi connectivity index (χ3n) is 3.37. The Bertz CT molecular complexity index is 345. The van der Waals surface area contributed by atoms with E-state index in [-0.39, 0.29) is 11.7 Å². The largest absolute Gasteiger partial charge is 0.388 e. The Morgan fingerprint density at radius 3 is 2.62 bits per heavy atom. The first-order valence-corrected chi connectivity index (χ1v) is 6.05. The van der Waals surface area contributed by atoms with Crippen LogP contribution in [0.4, 0.5) is 0 Å². The van der Waals surface area contributed by atoms with Crippen molar-refractivity contribution in [2.24, 2.45) is 5.92 Å². The van der Waals surface area contributed by atoms with Crippen molar-refractivity contribution in [3.8, 4) is 0 Å². The zero-order chi connectivity index (χ0) is 11.4. The second-order valence-corrected chi connectivity index (χ2v) is 4.53. The fraction of sp³-hybridized carbons (Fsp3) is 0.500. The number of rotatable bonds is 2. The summed E-state index contributed by atoms with van der Waals surface area (Å²) in [6, 6.07) is 9.51. The Kier molecular flexibility index (Phi) is 3.73. The second kappa shape index (κ2) is 5.26. The van der Waals surface area contributed by atoms with Gasteiger partial charge in [0.15, 0.2) is 0 Å². The van der Waals surface area contributed by atoms with Crippen LogP contribution in [0.1, 0.15) is 43.8 Å². The molecule has 1 fully saturated rings. The van der Waals surface area contributed by atoms with Crippen molar-refractivity contribution in [2.45, 2.75) is 38.2 Å². The Hall–Kier alpha value is -1.15. The Morgan fingerprint density at radius 2 is 1.88 bits per heavy atom. The van der Waals surface area contributed by atoms with Gasteiger partial charge in [-0.2, -0.15) is 0 Å². The fourth-order valence-corrected chi connectivity index (χ4v) is 2.40. The predicted octanol–water partition coefficient (Wildman–Crippen LogP) is 2.87. The quantitative estimate of drug-likeness (QED) is 0.775. The number of carbonyl (C=O) groups excluding carboxylic acids is 1. The van der Waals surface area contributed by atoms with Gasteiger partial charge >= 0.3 is 0 Å². The summed E-state index contributed by atoms with van der Waals surface area (Å²) in [6.07, 6.45) is 4.00. The maximum Gasteiger partial charge on any atom is 0.138 e. The van der Waals surface area contributed by atoms with Crippen molar-refractivity contribution in [1.82, 2.24) is 0 Å². The number of aliphatic hydroxyl groups excluding tert-OH is 1. The molecule has 0 saturated heterocycles. The van der Waals surface area contributed by atoms with E-state index in [1.165, 1.54) is 0 Å². The highest BCUT2D eigenvalue weighted by molar-refractivity contribution is 5.81. The monoisotopic (exact) mass is 218 g/mol. The number of hydrogen-bond acceptors (Lipinski definition) is 2. The van der Waals surface area contributed by atoms with E-state index in [0.29, 0.717) is 6.42 Å². The molecule has 0 radical (unpaired) electrons. The Balaban J connectivity index is 2.13. The van der Waals surface area contributed by atoms with Gasteiger partial charge in [-0.1, -0.05) is 43.2 Å². The number of hydrogen-bond donors (Lipinski definition) is 1. The van der Waals surface area contributed by atoms with Crippen molar-refractivity contribution in [3.63, 3.8) is 0 Å². The minimum Gasteiger partial charge on any atom is -0.388 e. The molecule has 1 aliphatic rings. The molecule has 0 heterocycles. The van der Waals surface area contributed by atoms with E-state index < -0.39 is 6.10 Å². The van der Waals surface area contributed by atoms with Gasteiger partial charge in [0.1, 0.15) is 5.78 Å². The van der Waals surface area contributed by atoms with Gasteiger partial charge in [0.25, 0.3) is 0 Å². The summed E-state index contributed by atoms with van der Waals surface area (Å²) < 4.78 is 0. The first-order valence-electron chi connectivity index (χ1n) is 6.05. The van der Waals surface area contributed by atoms with Gasteiger partial charge < -0.3 is 5.11 Å². The number of benzene rings is 1. The van der Waals surface area contributed by atoms with Crippen LogP contribution in [0.3, 0.4) is 0 Å². The average molecular weight is 218 g/mol. The summed E-state index contributed by atoms with van der Waals surface area (Å²) in [5.41, 5.74) is 0.864. The highest BCUT2D eigenvalue weighted by Gasteiger charge is 2.28. The summed E-state index contributed by atoms with van der Waals surface area (Å²) in [7, 11) is 0. The topological polar surface area (TPSA) is 37.3 Å². The molecule has 2 atom stereocenters. The lowest BCUT2D eigenvalue weighted by atomic mass is 9.88. The maximum atomic E-state index is 11.9. The van der Waals surface area contributed by atoms with E-state index in [0.717, 1.165) is 31.2 Å². The van der Waals surface area contributed by atoms with Crippen LogP contribution in [0.2, 0.25) is 0 Å². The third-order valence-corrected chi connectivity index (χ3v) is 3.37. The van der Waals surface area contributed by atoms with Crippen LogP contribution >= 0.6 is 0 Å². The van der Waals surface area contributed by atoms with Gasteiger partial charge in [-0.3, -0.25) is 4.79 Å². The molecule has 2 heteroatoms. The van der Waals surface area contributed by atoms with Gasteiger partial charge in [-0.15, -0.1) is 0 Å². The van der Waals surface area contributed by atoms with E-state index in [2.05, 4.69) is 0 Å². The normalized spacial score (nSPS) is 23.8. The molecule has 2 unspecified atom stereocenters. The molecule has 1 aliphatic carbocycles. The van der Waals surface area contributed by atoms with Crippen LogP contribution < -0.4 is 0 Å². The smallest absolute Gasteiger partial charge is 0.138 e. The molecular formula is C14H18O2. The lowest BCUT2D eigenvalue weighted by Crippen LogP contribution is -2.21. The molecule has 1 saturated carbocycles. The summed E-state index contributed by atoms with van der Waals surface area (Å²) in [5, 5.41) is 10.2. The van der Waals surface area contributed by atoms with Crippen LogP contribution in [0.15, 0.2) is 30.3 Å². The van der Waals surface area contributed by atoms with E-state index in [9.17, 15) is 9.90 Å². The van der Waals surface area contributed by atoms with Crippen LogP contribution in [-0.2, 0) is 4.79 Å². The first-order chi connectivity index (χ1) is 7.79. The number of aliphatic hydroxyl groups is 1. The molecule has 2 nitrogen and oxygen atoms in total. The zero-order valence-electron chi connectivity index (χ0n) is 9.43. The van der Waals surface area contributed by atoms with Gasteiger partial charge in [0.2, 0.25) is 0 Å². The molecule has 1 aromatic carbocycles. The minimum atomic E-state index is -0.619. The van der Waals surface area contributed by atoms with E-state index in [1.54, 1.807) is 0 Å². The Labute approximate surface area is 96.3 Å². The Morgan fingerprint density at radius 1 is 1.12 bits per heavy atom. The average Bonchev–Trinajstić information content (AvgIpc) is 2.54. The second-order valence-electron chi connectivity index (χ2n) is 4.53. The van der Waals surface area contributed by atoms with E-state index in [4.69, 9.17) is 0 Å². The number of carbonyl (C=O) groups is 1. The van der Waals surface area contributed by atoms with Gasteiger partial charge in [-0.25, -0.2) is 0 Å². The fourth-order valence-electron chi connectivity index (χ4n) is 2.40. The first kappa shape index (κ1) is 11.3. The standard InChI is InChI=1S/C14H18O2/c15-13-10-6-2-5-9-12(13)14(16)11-7-3-1-4-8-11/h1,3-4,7-8,12,14,16H,2,5-6,9-10H2. The predicted molar refractivity (Wildman–Crippen MR) is 63.0 cm³/mol. The van der Waals surface area contributed by atoms with Crippen LogP contribution in [0.5, 0.6) is 0 Å². The highest BCUT2D eigenvalue weighted by atomic mass is 16.3. The number of ketones is 1. The zero-order valence-corrected chi connectivity index (χ0v) is 9.43. The van der Waals surface area contributed by atoms with Crippen molar-refractivity contribution in [3.05, 3.63) is 35.9 Å². The molecule has 2 rings (SSSR count). The van der Waals surface area contributed by atoms with Gasteiger partial charge in [-0.05, 0) is 18.4 Å². The van der Waals surface area contributed by atoms with Crippen LogP contribution in [-0.4, -0.2) is 10.9 Å². The van der Waals surface area contributed by atoms with Crippen molar-refractivity contribution >= 4 is 5.78 Å². The van der Waals surface area contributed by atoms with E-state index >= 15 is 0 Å². The van der Waals surface area contributed by atoms with Crippen LogP contribution in [0.25, 0.3) is 0 Å². The molecule has 16 heavy (non-hydrogen) atoms. The van der Waals surface area contributed by atoms with Crippen LogP contribution in [0, 0.1) is 5.92 Å². The summed E-state index contributed by atoms with van der Waals surface area (Å²) in [4.78, 5) is 11.9. The molecule has 0 spiro atoms. The molecule has 0 amide bonds.